The minimum Gasteiger partial charge on any atom is -0.493 e. The number of ether oxygens (including phenoxy) is 3. The molecule has 43 heavy (non-hydrogen) atoms. The third-order valence-electron chi connectivity index (χ3n) is 9.60. The Bertz CT molecular complexity index is 1440. The first-order valence-corrected chi connectivity index (χ1v) is 15.7. The lowest BCUT2D eigenvalue weighted by Gasteiger charge is -2.44. The van der Waals surface area contributed by atoms with Crippen molar-refractivity contribution in [2.75, 3.05) is 20.3 Å². The molecule has 0 spiro atoms. The van der Waals surface area contributed by atoms with Crippen molar-refractivity contribution >= 4 is 17.8 Å². The van der Waals surface area contributed by atoms with Gasteiger partial charge in [0.1, 0.15) is 17.1 Å². The van der Waals surface area contributed by atoms with E-state index >= 15 is 0 Å². The van der Waals surface area contributed by atoms with Gasteiger partial charge in [-0.3, -0.25) is 14.5 Å². The van der Waals surface area contributed by atoms with Crippen LogP contribution in [-0.4, -0.2) is 54.1 Å². The molecule has 2 aromatic rings. The molecule has 0 aliphatic carbocycles. The van der Waals surface area contributed by atoms with Crippen LogP contribution in [0.1, 0.15) is 105 Å². The number of aliphatic imine (C=N–C) groups is 1. The van der Waals surface area contributed by atoms with Crippen LogP contribution in [0.15, 0.2) is 41.4 Å². The van der Waals surface area contributed by atoms with Crippen LogP contribution in [0, 0.1) is 5.92 Å². The van der Waals surface area contributed by atoms with E-state index in [2.05, 4.69) is 38.2 Å². The number of methoxy groups -OCH3 is 1. The van der Waals surface area contributed by atoms with Gasteiger partial charge in [0.2, 0.25) is 5.91 Å². The van der Waals surface area contributed by atoms with Crippen LogP contribution in [-0.2, 0) is 16.0 Å². The molecule has 3 N–H and O–H groups in total. The van der Waals surface area contributed by atoms with Gasteiger partial charge < -0.3 is 25.3 Å². The van der Waals surface area contributed by atoms with Crippen molar-refractivity contribution in [3.8, 4) is 11.5 Å². The third-order valence-corrected chi connectivity index (χ3v) is 9.60. The Kier molecular flexibility index (Phi) is 7.87. The van der Waals surface area contributed by atoms with E-state index in [1.165, 1.54) is 5.56 Å². The Balaban J connectivity index is 1.44. The Labute approximate surface area is 254 Å². The molecule has 0 fully saturated rings. The molecule has 1 unspecified atom stereocenters. The summed E-state index contributed by atoms with van der Waals surface area (Å²) in [6.07, 6.45) is 6.46. The first-order valence-electron chi connectivity index (χ1n) is 15.7. The number of nitrogens with two attached hydrogens (primary N) is 1. The fourth-order valence-corrected chi connectivity index (χ4v) is 7.34. The SMILES string of the molecule is CCC12CCCCCc3ccc4c(c3)[C@H](CC(C)(C)O4)NC(=O)c3ccc4c(c3)[C@@H]([C@H](COC)CO4)N(C(=O)C1)C(N)=N2. The molecule has 5 aliphatic heterocycles. The summed E-state index contributed by atoms with van der Waals surface area (Å²) in [5.74, 6) is 1.27. The van der Waals surface area contributed by atoms with Gasteiger partial charge in [-0.05, 0) is 69.4 Å². The first kappa shape index (κ1) is 29.5. The summed E-state index contributed by atoms with van der Waals surface area (Å²) >= 11 is 0. The predicted molar refractivity (Wildman–Crippen MR) is 164 cm³/mol. The lowest BCUT2D eigenvalue weighted by atomic mass is 9.83. The second kappa shape index (κ2) is 11.5. The van der Waals surface area contributed by atoms with Gasteiger partial charge in [-0.1, -0.05) is 31.9 Å². The fourth-order valence-electron chi connectivity index (χ4n) is 7.34. The molecule has 0 radical (unpaired) electrons. The van der Waals surface area contributed by atoms with E-state index in [1.54, 1.807) is 18.1 Å². The largest absolute Gasteiger partial charge is 0.493 e. The Morgan fingerprint density at radius 1 is 1.09 bits per heavy atom. The second-order valence-corrected chi connectivity index (χ2v) is 13.2. The molecule has 6 bridgehead atoms. The maximum Gasteiger partial charge on any atom is 0.251 e. The van der Waals surface area contributed by atoms with Gasteiger partial charge in [0, 0.05) is 36.1 Å². The van der Waals surface area contributed by atoms with E-state index in [0.717, 1.165) is 55.4 Å². The van der Waals surface area contributed by atoms with E-state index in [9.17, 15) is 9.59 Å². The van der Waals surface area contributed by atoms with Crippen LogP contribution in [0.4, 0.5) is 0 Å². The van der Waals surface area contributed by atoms with Gasteiger partial charge in [0.15, 0.2) is 5.96 Å². The van der Waals surface area contributed by atoms with Crippen molar-refractivity contribution in [2.45, 2.75) is 95.4 Å². The normalized spacial score (nSPS) is 28.4. The zero-order valence-electron chi connectivity index (χ0n) is 25.8. The molecule has 9 heteroatoms. The summed E-state index contributed by atoms with van der Waals surface area (Å²) in [5, 5.41) is 3.30. The van der Waals surface area contributed by atoms with Crippen LogP contribution in [0.5, 0.6) is 11.5 Å². The number of amides is 2. The molecule has 9 nitrogen and oxygen atoms in total. The molecule has 5 heterocycles. The van der Waals surface area contributed by atoms with E-state index < -0.39 is 17.2 Å². The van der Waals surface area contributed by atoms with Crippen molar-refractivity contribution in [1.29, 1.82) is 0 Å². The number of benzene rings is 2. The van der Waals surface area contributed by atoms with Crippen molar-refractivity contribution in [3.63, 3.8) is 0 Å². The molecule has 4 atom stereocenters. The van der Waals surface area contributed by atoms with Gasteiger partial charge in [0.05, 0.1) is 37.3 Å². The van der Waals surface area contributed by atoms with Gasteiger partial charge in [-0.15, -0.1) is 0 Å². The summed E-state index contributed by atoms with van der Waals surface area (Å²) in [6.45, 7) is 6.92. The van der Waals surface area contributed by atoms with Crippen LogP contribution in [0.25, 0.3) is 0 Å². The molecular weight excluding hydrogens is 544 g/mol. The van der Waals surface area contributed by atoms with Crippen LogP contribution >= 0.6 is 0 Å². The Hall–Kier alpha value is -3.59. The highest BCUT2D eigenvalue weighted by atomic mass is 16.5. The molecular formula is C34H44N4O5. The molecule has 5 aliphatic rings. The van der Waals surface area contributed by atoms with E-state index in [-0.39, 0.29) is 29.7 Å². The van der Waals surface area contributed by atoms with Gasteiger partial charge in [-0.25, -0.2) is 4.99 Å². The van der Waals surface area contributed by atoms with Gasteiger partial charge in [0.25, 0.3) is 5.91 Å². The maximum absolute atomic E-state index is 14.0. The van der Waals surface area contributed by atoms with Crippen molar-refractivity contribution in [2.24, 2.45) is 16.6 Å². The summed E-state index contributed by atoms with van der Waals surface area (Å²) in [6, 6.07) is 11.2. The molecule has 2 amide bonds. The number of fused-ring (bicyclic) bond motifs is 6. The van der Waals surface area contributed by atoms with Crippen LogP contribution in [0.2, 0.25) is 0 Å². The zero-order valence-corrected chi connectivity index (χ0v) is 25.8. The fraction of sp³-hybridized carbons (Fsp3) is 0.559. The average Bonchev–Trinajstić information content (AvgIpc) is 2.96. The Morgan fingerprint density at radius 2 is 1.91 bits per heavy atom. The monoisotopic (exact) mass is 588 g/mol. The number of guanidine groups is 1. The predicted octanol–water partition coefficient (Wildman–Crippen LogP) is 5.23. The Morgan fingerprint density at radius 3 is 2.67 bits per heavy atom. The number of carbonyl (C=O) groups is 2. The smallest absolute Gasteiger partial charge is 0.251 e. The van der Waals surface area contributed by atoms with Crippen molar-refractivity contribution in [1.82, 2.24) is 10.2 Å². The van der Waals surface area contributed by atoms with E-state index in [1.807, 2.05) is 18.2 Å². The molecule has 230 valence electrons. The third kappa shape index (κ3) is 5.71. The molecule has 0 aromatic heterocycles. The minimum atomic E-state index is -0.504. The average molecular weight is 589 g/mol. The highest BCUT2D eigenvalue weighted by Gasteiger charge is 2.45. The first-order chi connectivity index (χ1) is 20.6. The highest BCUT2D eigenvalue weighted by molar-refractivity contribution is 6.00. The number of carbonyl (C=O) groups excluding carboxylic acids is 2. The molecule has 7 rings (SSSR count). The standard InChI is InChI=1S/C34H44N4O5/c1-5-34-14-8-6-7-9-21-10-12-28-24(15-21)26(17-33(2,3)43-28)36-31(40)22-11-13-27-25(16-22)30(23(19-41-4)20-42-27)38(29(39)18-34)32(35)37-34/h10-13,15-16,23,26,30H,5-9,14,17-20H2,1-4H3,(H2,35,37)(H,36,40)/t23-,26+,30-,34?/m1/s1. The van der Waals surface area contributed by atoms with Crippen molar-refractivity contribution < 1.29 is 23.8 Å². The summed E-state index contributed by atoms with van der Waals surface area (Å²) in [4.78, 5) is 34.5. The van der Waals surface area contributed by atoms with Gasteiger partial charge >= 0.3 is 0 Å². The summed E-state index contributed by atoms with van der Waals surface area (Å²) in [5.41, 5.74) is 9.22. The number of hydrogen-bond donors (Lipinski definition) is 2. The number of nitrogens with one attached hydrogen (secondary N) is 1. The van der Waals surface area contributed by atoms with Crippen LogP contribution in [0.3, 0.4) is 0 Å². The van der Waals surface area contributed by atoms with Crippen molar-refractivity contribution in [3.05, 3.63) is 58.7 Å². The number of rotatable bonds is 3. The summed E-state index contributed by atoms with van der Waals surface area (Å²) < 4.78 is 18.0. The van der Waals surface area contributed by atoms with E-state index in [0.29, 0.717) is 37.4 Å². The molecule has 0 saturated heterocycles. The highest BCUT2D eigenvalue weighted by Crippen LogP contribution is 2.44. The lowest BCUT2D eigenvalue weighted by molar-refractivity contribution is -0.133. The number of hydrogen-bond acceptors (Lipinski definition) is 7. The summed E-state index contributed by atoms with van der Waals surface area (Å²) in [7, 11) is 1.64. The molecule has 2 aromatic carbocycles. The van der Waals surface area contributed by atoms with E-state index in [4.69, 9.17) is 24.9 Å². The lowest BCUT2D eigenvalue weighted by Crippen LogP contribution is -2.55. The second-order valence-electron chi connectivity index (χ2n) is 13.2. The quantitative estimate of drug-likeness (QED) is 0.508. The maximum atomic E-state index is 14.0. The molecule has 0 saturated carbocycles. The van der Waals surface area contributed by atoms with Crippen LogP contribution < -0.4 is 20.5 Å². The minimum absolute atomic E-state index is 0.0472. The number of nitrogens with zero attached hydrogens (tertiary/aromatic N) is 2. The topological polar surface area (TPSA) is 115 Å². The van der Waals surface area contributed by atoms with Gasteiger partial charge in [-0.2, -0.15) is 0 Å². The number of aryl methyl sites for hydroxylation is 1. The zero-order chi connectivity index (χ0) is 30.4.